The summed E-state index contributed by atoms with van der Waals surface area (Å²) < 4.78 is 27.3. The van der Waals surface area contributed by atoms with E-state index in [2.05, 4.69) is 17.1 Å². The van der Waals surface area contributed by atoms with Crippen LogP contribution in [0.3, 0.4) is 0 Å². The summed E-state index contributed by atoms with van der Waals surface area (Å²) in [4.78, 5) is 14.8. The van der Waals surface area contributed by atoms with Crippen molar-refractivity contribution < 1.29 is 13.2 Å². The molecule has 1 saturated heterocycles. The van der Waals surface area contributed by atoms with Crippen molar-refractivity contribution in [2.75, 3.05) is 38.0 Å². The Labute approximate surface area is 150 Å². The highest BCUT2D eigenvalue weighted by Gasteiger charge is 2.28. The first-order valence-electron chi connectivity index (χ1n) is 9.14. The van der Waals surface area contributed by atoms with Gasteiger partial charge in [-0.2, -0.15) is 4.31 Å². The van der Waals surface area contributed by atoms with Gasteiger partial charge in [0.25, 0.3) is 0 Å². The van der Waals surface area contributed by atoms with Crippen molar-refractivity contribution in [2.24, 2.45) is 5.92 Å². The van der Waals surface area contributed by atoms with Gasteiger partial charge >= 0.3 is 0 Å². The van der Waals surface area contributed by atoms with Gasteiger partial charge in [0.05, 0.1) is 4.90 Å². The molecular weight excluding hydrogens is 338 g/mol. The zero-order valence-electron chi connectivity index (χ0n) is 14.8. The average molecular weight is 365 g/mol. The monoisotopic (exact) mass is 365 g/mol. The van der Waals surface area contributed by atoms with Crippen LogP contribution in [0.2, 0.25) is 0 Å². The second kappa shape index (κ2) is 7.85. The SMILES string of the molecule is CCN1CCN(S(=O)(=O)c2cccc(NC(=O)C3CCCC3)c2)CC1. The summed E-state index contributed by atoms with van der Waals surface area (Å²) in [5.41, 5.74) is 0.560. The van der Waals surface area contributed by atoms with Gasteiger partial charge in [-0.15, -0.1) is 0 Å². The number of hydrogen-bond acceptors (Lipinski definition) is 4. The Bertz CT molecular complexity index is 706. The number of likely N-dealkylation sites (N-methyl/N-ethyl adjacent to an activating group) is 1. The van der Waals surface area contributed by atoms with Gasteiger partial charge in [-0.25, -0.2) is 8.42 Å². The van der Waals surface area contributed by atoms with E-state index in [1.165, 1.54) is 4.31 Å². The van der Waals surface area contributed by atoms with Gasteiger partial charge in [0.2, 0.25) is 15.9 Å². The number of benzene rings is 1. The lowest BCUT2D eigenvalue weighted by Crippen LogP contribution is -2.48. The van der Waals surface area contributed by atoms with Crippen LogP contribution in [0.15, 0.2) is 29.2 Å². The largest absolute Gasteiger partial charge is 0.326 e. The number of nitrogens with zero attached hydrogens (tertiary/aromatic N) is 2. The van der Waals surface area contributed by atoms with E-state index >= 15 is 0 Å². The molecule has 1 aromatic rings. The summed E-state index contributed by atoms with van der Waals surface area (Å²) >= 11 is 0. The third-order valence-electron chi connectivity index (χ3n) is 5.24. The number of rotatable bonds is 5. The standard InChI is InChI=1S/C18H27N3O3S/c1-2-20-10-12-21(13-11-20)25(23,24)17-9-5-8-16(14-17)19-18(22)15-6-3-4-7-15/h5,8-9,14-15H,2-4,6-7,10-13H2,1H3,(H,19,22). The summed E-state index contributed by atoms with van der Waals surface area (Å²) in [6.07, 6.45) is 4.03. The van der Waals surface area contributed by atoms with Crippen LogP contribution in [0, 0.1) is 5.92 Å². The molecule has 0 atom stereocenters. The first-order chi connectivity index (χ1) is 12.0. The molecule has 138 valence electrons. The molecular formula is C18H27N3O3S. The first kappa shape index (κ1) is 18.4. The Morgan fingerprint density at radius 1 is 1.16 bits per heavy atom. The lowest BCUT2D eigenvalue weighted by atomic mass is 10.1. The molecule has 2 fully saturated rings. The van der Waals surface area contributed by atoms with E-state index in [0.29, 0.717) is 18.8 Å². The van der Waals surface area contributed by atoms with E-state index < -0.39 is 10.0 Å². The summed E-state index contributed by atoms with van der Waals surface area (Å²) in [5.74, 6) is 0.0611. The zero-order chi connectivity index (χ0) is 17.9. The van der Waals surface area contributed by atoms with Gasteiger partial charge in [0.15, 0.2) is 0 Å². The number of anilines is 1. The normalized spacial score (nSPS) is 20.7. The molecule has 6 nitrogen and oxygen atoms in total. The molecule has 2 aliphatic rings. The van der Waals surface area contributed by atoms with Crippen molar-refractivity contribution >= 4 is 21.6 Å². The molecule has 1 aliphatic heterocycles. The molecule has 0 unspecified atom stereocenters. The molecule has 1 heterocycles. The molecule has 0 spiro atoms. The van der Waals surface area contributed by atoms with Crippen LogP contribution in [-0.2, 0) is 14.8 Å². The Morgan fingerprint density at radius 2 is 1.84 bits per heavy atom. The molecule has 1 aromatic carbocycles. The van der Waals surface area contributed by atoms with Crippen LogP contribution in [0.5, 0.6) is 0 Å². The lowest BCUT2D eigenvalue weighted by Gasteiger charge is -2.33. The zero-order valence-corrected chi connectivity index (χ0v) is 15.6. The topological polar surface area (TPSA) is 69.7 Å². The van der Waals surface area contributed by atoms with Crippen LogP contribution in [0.4, 0.5) is 5.69 Å². The number of hydrogen-bond donors (Lipinski definition) is 1. The molecule has 0 radical (unpaired) electrons. The fraction of sp³-hybridized carbons (Fsp3) is 0.611. The highest BCUT2D eigenvalue weighted by atomic mass is 32.2. The molecule has 25 heavy (non-hydrogen) atoms. The third-order valence-corrected chi connectivity index (χ3v) is 7.14. The number of amides is 1. The number of nitrogens with one attached hydrogen (secondary N) is 1. The van der Waals surface area contributed by atoms with E-state index in [4.69, 9.17) is 0 Å². The lowest BCUT2D eigenvalue weighted by molar-refractivity contribution is -0.119. The van der Waals surface area contributed by atoms with Crippen LogP contribution in [0.1, 0.15) is 32.6 Å². The number of piperazine rings is 1. The van der Waals surface area contributed by atoms with Crippen molar-refractivity contribution in [3.63, 3.8) is 0 Å². The summed E-state index contributed by atoms with van der Waals surface area (Å²) in [6, 6.07) is 6.63. The van der Waals surface area contributed by atoms with Crippen molar-refractivity contribution in [2.45, 2.75) is 37.5 Å². The fourth-order valence-corrected chi connectivity index (χ4v) is 5.07. The molecule has 3 rings (SSSR count). The quantitative estimate of drug-likeness (QED) is 0.868. The van der Waals surface area contributed by atoms with Crippen molar-refractivity contribution in [1.82, 2.24) is 9.21 Å². The van der Waals surface area contributed by atoms with E-state index in [9.17, 15) is 13.2 Å². The van der Waals surface area contributed by atoms with Gasteiger partial charge in [-0.1, -0.05) is 25.8 Å². The molecule has 7 heteroatoms. The van der Waals surface area contributed by atoms with Gasteiger partial charge in [0.1, 0.15) is 0 Å². The summed E-state index contributed by atoms with van der Waals surface area (Å²) in [6.45, 7) is 5.56. The average Bonchev–Trinajstić information content (AvgIpc) is 3.17. The van der Waals surface area contributed by atoms with Crippen molar-refractivity contribution in [3.8, 4) is 0 Å². The Hall–Kier alpha value is -1.44. The van der Waals surface area contributed by atoms with Gasteiger partial charge in [-0.3, -0.25) is 4.79 Å². The Balaban J connectivity index is 1.70. The van der Waals surface area contributed by atoms with E-state index in [1.807, 2.05) is 0 Å². The second-order valence-corrected chi connectivity index (χ2v) is 8.77. The molecule has 0 bridgehead atoms. The minimum atomic E-state index is -3.52. The second-order valence-electron chi connectivity index (χ2n) is 6.84. The van der Waals surface area contributed by atoms with E-state index in [0.717, 1.165) is 45.3 Å². The van der Waals surface area contributed by atoms with Gasteiger partial charge < -0.3 is 10.2 Å². The maximum atomic E-state index is 12.9. The van der Waals surface area contributed by atoms with Crippen LogP contribution < -0.4 is 5.32 Å². The Kier molecular flexibility index (Phi) is 5.76. The predicted octanol–water partition coefficient (Wildman–Crippen LogP) is 2.14. The number of sulfonamides is 1. The number of carbonyl (C=O) groups is 1. The molecule has 1 aliphatic carbocycles. The molecule has 1 N–H and O–H groups in total. The maximum Gasteiger partial charge on any atom is 0.243 e. The van der Waals surface area contributed by atoms with E-state index in [1.54, 1.807) is 24.3 Å². The highest BCUT2D eigenvalue weighted by Crippen LogP contribution is 2.27. The first-order valence-corrected chi connectivity index (χ1v) is 10.6. The van der Waals surface area contributed by atoms with Crippen LogP contribution in [-0.4, -0.2) is 56.3 Å². The van der Waals surface area contributed by atoms with Gasteiger partial charge in [0, 0.05) is 37.8 Å². The molecule has 1 saturated carbocycles. The predicted molar refractivity (Wildman–Crippen MR) is 97.9 cm³/mol. The van der Waals surface area contributed by atoms with Crippen molar-refractivity contribution in [3.05, 3.63) is 24.3 Å². The van der Waals surface area contributed by atoms with Crippen molar-refractivity contribution in [1.29, 1.82) is 0 Å². The molecule has 1 amide bonds. The van der Waals surface area contributed by atoms with Crippen LogP contribution >= 0.6 is 0 Å². The highest BCUT2D eigenvalue weighted by molar-refractivity contribution is 7.89. The van der Waals surface area contributed by atoms with E-state index in [-0.39, 0.29) is 16.7 Å². The smallest absolute Gasteiger partial charge is 0.243 e. The fourth-order valence-electron chi connectivity index (χ4n) is 3.60. The van der Waals surface area contributed by atoms with Crippen LogP contribution in [0.25, 0.3) is 0 Å². The minimum Gasteiger partial charge on any atom is -0.326 e. The Morgan fingerprint density at radius 3 is 2.48 bits per heavy atom. The third kappa shape index (κ3) is 4.22. The van der Waals surface area contributed by atoms with Gasteiger partial charge in [-0.05, 0) is 37.6 Å². The number of carbonyl (C=O) groups excluding carboxylic acids is 1. The maximum absolute atomic E-state index is 12.9. The summed E-state index contributed by atoms with van der Waals surface area (Å²) in [5, 5.41) is 2.89. The minimum absolute atomic E-state index is 0.00334. The molecule has 0 aromatic heterocycles. The summed E-state index contributed by atoms with van der Waals surface area (Å²) in [7, 11) is -3.52.